The molecule has 0 atom stereocenters. The summed E-state index contributed by atoms with van der Waals surface area (Å²) in [4.78, 5) is 37.1. The molecule has 2 amide bonds. The molecule has 4 aromatic rings. The van der Waals surface area contributed by atoms with Gasteiger partial charge in [0.05, 0.1) is 40.1 Å². The first-order chi connectivity index (χ1) is 20.1. The minimum absolute atomic E-state index is 0.134. The Labute approximate surface area is 241 Å². The van der Waals surface area contributed by atoms with E-state index >= 15 is 0 Å². The van der Waals surface area contributed by atoms with Crippen LogP contribution in [0.4, 0.5) is 27.1 Å². The number of ether oxygens (including phenoxy) is 1. The summed E-state index contributed by atoms with van der Waals surface area (Å²) in [6.07, 6.45) is 0.367. The smallest absolute Gasteiger partial charge is 0.310 e. The zero-order valence-corrected chi connectivity index (χ0v) is 23.3. The fourth-order valence-electron chi connectivity index (χ4n) is 4.88. The van der Waals surface area contributed by atoms with E-state index in [0.29, 0.717) is 45.7 Å². The summed E-state index contributed by atoms with van der Waals surface area (Å²) >= 11 is 0. The van der Waals surface area contributed by atoms with Gasteiger partial charge in [-0.1, -0.05) is 30.3 Å². The third kappa shape index (κ3) is 5.51. The van der Waals surface area contributed by atoms with Crippen molar-refractivity contribution in [2.24, 2.45) is 0 Å². The number of hydrogen-bond acceptors (Lipinski definition) is 6. The van der Waals surface area contributed by atoms with Crippen molar-refractivity contribution in [3.8, 4) is 16.9 Å². The zero-order chi connectivity index (χ0) is 30.0. The molecule has 4 aromatic carbocycles. The Morgan fingerprint density at radius 2 is 1.69 bits per heavy atom. The second kappa shape index (κ2) is 11.3. The van der Waals surface area contributed by atoms with Gasteiger partial charge in [0.15, 0.2) is 5.75 Å². The number of carbonyl (C=O) groups is 2. The molecule has 3 N–H and O–H groups in total. The van der Waals surface area contributed by atoms with Crippen LogP contribution in [0.2, 0.25) is 0 Å². The van der Waals surface area contributed by atoms with Gasteiger partial charge in [-0.15, -0.1) is 0 Å². The topological polar surface area (TPSA) is 123 Å². The van der Waals surface area contributed by atoms with Gasteiger partial charge < -0.3 is 20.7 Å². The van der Waals surface area contributed by atoms with Crippen molar-refractivity contribution < 1.29 is 23.6 Å². The SMILES string of the molecule is COc1cc(-c2ccc3c(c2)Nc2ccc(C(C)(C)C(=O)NCCc4ccccc4F)cc2NC3=O)ccc1[N+](=O)[O-]. The number of nitrogens with one attached hydrogen (secondary N) is 3. The highest BCUT2D eigenvalue weighted by Crippen LogP contribution is 2.38. The molecule has 10 heteroatoms. The first-order valence-corrected chi connectivity index (χ1v) is 13.3. The van der Waals surface area contributed by atoms with E-state index in [-0.39, 0.29) is 35.6 Å². The van der Waals surface area contributed by atoms with Gasteiger partial charge in [-0.25, -0.2) is 4.39 Å². The summed E-state index contributed by atoms with van der Waals surface area (Å²) in [5, 5.41) is 20.4. The molecular weight excluding hydrogens is 539 g/mol. The average Bonchev–Trinajstić information content (AvgIpc) is 3.12. The molecule has 1 aliphatic heterocycles. The van der Waals surface area contributed by atoms with Gasteiger partial charge in [0.1, 0.15) is 5.82 Å². The van der Waals surface area contributed by atoms with Crippen molar-refractivity contribution in [2.75, 3.05) is 24.3 Å². The highest BCUT2D eigenvalue weighted by Gasteiger charge is 2.31. The number of amides is 2. The van der Waals surface area contributed by atoms with Crippen molar-refractivity contribution >= 4 is 34.6 Å². The third-order valence-electron chi connectivity index (χ3n) is 7.44. The molecule has 1 heterocycles. The number of nitrogens with zero attached hydrogens (tertiary/aromatic N) is 1. The number of hydrogen-bond donors (Lipinski definition) is 3. The van der Waals surface area contributed by atoms with Crippen LogP contribution in [0.1, 0.15) is 35.3 Å². The van der Waals surface area contributed by atoms with Crippen LogP contribution in [0, 0.1) is 15.9 Å². The maximum absolute atomic E-state index is 13.9. The molecule has 0 fully saturated rings. The van der Waals surface area contributed by atoms with E-state index in [0.717, 1.165) is 5.56 Å². The number of nitro groups is 1. The Balaban J connectivity index is 1.37. The largest absolute Gasteiger partial charge is 0.490 e. The molecule has 42 heavy (non-hydrogen) atoms. The van der Waals surface area contributed by atoms with Gasteiger partial charge in [-0.2, -0.15) is 0 Å². The summed E-state index contributed by atoms with van der Waals surface area (Å²) in [6, 6.07) is 21.7. The van der Waals surface area contributed by atoms with Crippen LogP contribution in [0.5, 0.6) is 5.75 Å². The molecule has 0 bridgehead atoms. The number of methoxy groups -OCH3 is 1. The highest BCUT2D eigenvalue weighted by atomic mass is 19.1. The van der Waals surface area contributed by atoms with Gasteiger partial charge in [-0.05, 0) is 85.0 Å². The fraction of sp³-hybridized carbons (Fsp3) is 0.188. The number of anilines is 3. The van der Waals surface area contributed by atoms with Crippen LogP contribution < -0.4 is 20.7 Å². The number of nitro benzene ring substituents is 1. The van der Waals surface area contributed by atoms with E-state index in [1.54, 1.807) is 74.5 Å². The first-order valence-electron chi connectivity index (χ1n) is 13.3. The van der Waals surface area contributed by atoms with E-state index in [9.17, 15) is 24.1 Å². The van der Waals surface area contributed by atoms with Gasteiger partial charge >= 0.3 is 5.69 Å². The Morgan fingerprint density at radius 3 is 2.43 bits per heavy atom. The summed E-state index contributed by atoms with van der Waals surface area (Å²) in [5.74, 6) is -0.720. The Bertz CT molecular complexity index is 1720. The lowest BCUT2D eigenvalue weighted by Gasteiger charge is -2.25. The van der Waals surface area contributed by atoms with E-state index < -0.39 is 10.3 Å². The second-order valence-electron chi connectivity index (χ2n) is 10.5. The Kier molecular flexibility index (Phi) is 7.62. The van der Waals surface area contributed by atoms with Crippen LogP contribution >= 0.6 is 0 Å². The first kappa shape index (κ1) is 28.3. The minimum atomic E-state index is -0.934. The van der Waals surface area contributed by atoms with E-state index in [1.807, 2.05) is 6.07 Å². The fourth-order valence-corrected chi connectivity index (χ4v) is 4.88. The molecule has 0 unspecified atom stereocenters. The lowest BCUT2D eigenvalue weighted by Crippen LogP contribution is -2.41. The molecular formula is C32H29FN4O5. The molecule has 0 spiro atoms. The minimum Gasteiger partial charge on any atom is -0.490 e. The highest BCUT2D eigenvalue weighted by molar-refractivity contribution is 6.12. The molecule has 214 valence electrons. The van der Waals surface area contributed by atoms with Crippen molar-refractivity contribution in [1.82, 2.24) is 5.32 Å². The second-order valence-corrected chi connectivity index (χ2v) is 10.5. The average molecular weight is 569 g/mol. The van der Waals surface area contributed by atoms with Crippen LogP contribution in [0.3, 0.4) is 0 Å². The summed E-state index contributed by atoms with van der Waals surface area (Å²) in [7, 11) is 1.37. The summed E-state index contributed by atoms with van der Waals surface area (Å²) in [6.45, 7) is 3.86. The third-order valence-corrected chi connectivity index (χ3v) is 7.44. The summed E-state index contributed by atoms with van der Waals surface area (Å²) < 4.78 is 19.1. The normalized spacial score (nSPS) is 12.2. The van der Waals surface area contributed by atoms with Crippen molar-refractivity contribution in [1.29, 1.82) is 0 Å². The number of carbonyl (C=O) groups excluding carboxylic acids is 2. The molecule has 5 rings (SSSR count). The predicted molar refractivity (Wildman–Crippen MR) is 159 cm³/mol. The summed E-state index contributed by atoms with van der Waals surface area (Å²) in [5.41, 5.74) is 3.69. The Morgan fingerprint density at radius 1 is 0.952 bits per heavy atom. The number of benzene rings is 4. The monoisotopic (exact) mass is 568 g/mol. The van der Waals surface area contributed by atoms with Crippen molar-refractivity contribution in [3.05, 3.63) is 111 Å². The molecule has 0 aromatic heterocycles. The van der Waals surface area contributed by atoms with Crippen LogP contribution in [0.15, 0.2) is 78.9 Å². The molecule has 1 aliphatic rings. The molecule has 0 saturated heterocycles. The predicted octanol–water partition coefficient (Wildman–Crippen LogP) is 6.36. The van der Waals surface area contributed by atoms with Crippen LogP contribution in [0.25, 0.3) is 11.1 Å². The number of halogens is 1. The van der Waals surface area contributed by atoms with E-state index in [2.05, 4.69) is 16.0 Å². The van der Waals surface area contributed by atoms with Gasteiger partial charge in [-0.3, -0.25) is 19.7 Å². The standard InChI is InChI=1S/C32H29FN4O5/c1-32(2,31(39)34-15-14-19-6-4-5-7-24(19)33)22-10-12-25-27(18-22)36-30(38)23-11-8-20(16-26(23)35-25)21-9-13-28(37(40)41)29(17-21)42-3/h4-13,16-18,35H,14-15H2,1-3H3,(H,34,39)(H,36,38). The maximum Gasteiger partial charge on any atom is 0.310 e. The van der Waals surface area contributed by atoms with Crippen molar-refractivity contribution in [2.45, 2.75) is 25.7 Å². The van der Waals surface area contributed by atoms with Crippen LogP contribution in [-0.4, -0.2) is 30.4 Å². The van der Waals surface area contributed by atoms with Gasteiger partial charge in [0, 0.05) is 12.6 Å². The molecule has 0 radical (unpaired) electrons. The number of fused-ring (bicyclic) bond motifs is 2. The number of rotatable bonds is 8. The van der Waals surface area contributed by atoms with E-state index in [1.165, 1.54) is 19.2 Å². The quantitative estimate of drug-likeness (QED) is 0.168. The lowest BCUT2D eigenvalue weighted by molar-refractivity contribution is -0.385. The van der Waals surface area contributed by atoms with E-state index in [4.69, 9.17) is 4.74 Å². The van der Waals surface area contributed by atoms with Gasteiger partial charge in [0.2, 0.25) is 5.91 Å². The zero-order valence-electron chi connectivity index (χ0n) is 23.3. The van der Waals surface area contributed by atoms with Gasteiger partial charge in [0.25, 0.3) is 5.91 Å². The molecule has 0 aliphatic carbocycles. The molecule has 9 nitrogen and oxygen atoms in total. The lowest BCUT2D eigenvalue weighted by atomic mass is 9.83. The van der Waals surface area contributed by atoms with Crippen molar-refractivity contribution in [3.63, 3.8) is 0 Å². The maximum atomic E-state index is 13.9. The van der Waals surface area contributed by atoms with Crippen LogP contribution in [-0.2, 0) is 16.6 Å². The molecule has 0 saturated carbocycles. The Hall–Kier alpha value is -5.25.